The quantitative estimate of drug-likeness (QED) is 0.398. The smallest absolute Gasteiger partial charge is 0.383 e. The molecule has 0 saturated heterocycles. The van der Waals surface area contributed by atoms with Gasteiger partial charge in [-0.05, 0) is 56.3 Å². The maximum Gasteiger partial charge on any atom is 0.383 e. The van der Waals surface area contributed by atoms with Crippen LogP contribution in [0.5, 0.6) is 11.5 Å². The second-order valence-electron chi connectivity index (χ2n) is 8.21. The molecule has 2 aromatic carbocycles. The second-order valence-corrected chi connectivity index (χ2v) is 8.21. The number of carbonyl (C=O) groups excluding carboxylic acids is 1. The molecule has 0 bridgehead atoms. The second kappa shape index (κ2) is 13.0. The van der Waals surface area contributed by atoms with Crippen LogP contribution in [-0.4, -0.2) is 74.5 Å². The van der Waals surface area contributed by atoms with E-state index in [0.29, 0.717) is 25.1 Å². The first-order valence-corrected chi connectivity index (χ1v) is 11.0. The molecule has 2 atom stereocenters. The number of alkyl halides is 3. The van der Waals surface area contributed by atoms with Crippen LogP contribution in [0, 0.1) is 0 Å². The van der Waals surface area contributed by atoms with Crippen molar-refractivity contribution in [1.82, 2.24) is 4.90 Å². The largest absolute Gasteiger partial charge is 0.497 e. The van der Waals surface area contributed by atoms with Gasteiger partial charge >= 0.3 is 17.9 Å². The molecular formula is C25H30F3NO6. The third-order valence-corrected chi connectivity index (χ3v) is 5.21. The summed E-state index contributed by atoms with van der Waals surface area (Å²) in [5.41, 5.74) is 1.93. The zero-order valence-corrected chi connectivity index (χ0v) is 19.9. The summed E-state index contributed by atoms with van der Waals surface area (Å²) in [6.45, 7) is 0.173. The Bertz CT molecular complexity index is 985. The molecule has 0 saturated carbocycles. The van der Waals surface area contributed by atoms with Gasteiger partial charge in [0.2, 0.25) is 0 Å². The predicted octanol–water partition coefficient (Wildman–Crippen LogP) is 3.78. The summed E-state index contributed by atoms with van der Waals surface area (Å²) < 4.78 is 56.6. The van der Waals surface area contributed by atoms with Gasteiger partial charge in [-0.2, -0.15) is 8.78 Å². The number of benzene rings is 2. The van der Waals surface area contributed by atoms with Crippen LogP contribution in [0.3, 0.4) is 0 Å². The van der Waals surface area contributed by atoms with Crippen LogP contribution in [0.25, 0.3) is 0 Å². The summed E-state index contributed by atoms with van der Waals surface area (Å²) in [6.07, 6.45) is -3.21. The third-order valence-electron chi connectivity index (χ3n) is 5.21. The number of carbonyl (C=O) groups is 2. The van der Waals surface area contributed by atoms with E-state index in [2.05, 4.69) is 0 Å². The van der Waals surface area contributed by atoms with Crippen molar-refractivity contribution >= 4 is 11.9 Å². The Morgan fingerprint density at radius 3 is 2.46 bits per heavy atom. The fourth-order valence-electron chi connectivity index (χ4n) is 3.20. The van der Waals surface area contributed by atoms with Gasteiger partial charge in [-0.15, -0.1) is 0 Å². The maximum absolute atomic E-state index is 13.9. The maximum atomic E-state index is 13.9. The topological polar surface area (TPSA) is 85.3 Å². The van der Waals surface area contributed by atoms with Crippen LogP contribution in [0.2, 0.25) is 0 Å². The number of carboxylic acid groups (broad SMARTS) is 1. The monoisotopic (exact) mass is 497 g/mol. The van der Waals surface area contributed by atoms with Gasteiger partial charge < -0.3 is 24.2 Å². The lowest BCUT2D eigenvalue weighted by molar-refractivity contribution is -0.189. The number of hydrogen-bond donors (Lipinski definition) is 1. The normalized spacial score (nSPS) is 13.2. The highest BCUT2D eigenvalue weighted by atomic mass is 19.3. The number of hydrogen-bond acceptors (Lipinski definition) is 6. The molecule has 0 spiro atoms. The molecule has 1 N–H and O–H groups in total. The van der Waals surface area contributed by atoms with Gasteiger partial charge in [0.1, 0.15) is 24.2 Å². The fraction of sp³-hybridized carbons (Fsp3) is 0.440. The number of ether oxygens (including phenoxy) is 3. The molecule has 0 amide bonds. The first kappa shape index (κ1) is 28.0. The zero-order chi connectivity index (χ0) is 26.0. The lowest BCUT2D eigenvalue weighted by Gasteiger charge is -2.23. The van der Waals surface area contributed by atoms with Crippen molar-refractivity contribution in [2.45, 2.75) is 37.5 Å². The number of methoxy groups -OCH3 is 1. The molecule has 0 radical (unpaired) electrons. The first-order chi connectivity index (χ1) is 16.5. The van der Waals surface area contributed by atoms with E-state index in [9.17, 15) is 22.8 Å². The van der Waals surface area contributed by atoms with Crippen molar-refractivity contribution in [3.63, 3.8) is 0 Å². The average Bonchev–Trinajstić information content (AvgIpc) is 2.84. The first-order valence-electron chi connectivity index (χ1n) is 11.0. The van der Waals surface area contributed by atoms with Gasteiger partial charge in [0.05, 0.1) is 7.11 Å². The van der Waals surface area contributed by atoms with Gasteiger partial charge in [0, 0.05) is 13.0 Å². The molecule has 2 aromatic rings. The minimum atomic E-state index is -4.89. The van der Waals surface area contributed by atoms with E-state index in [-0.39, 0.29) is 13.0 Å². The highest BCUT2D eigenvalue weighted by Gasteiger charge is 2.53. The molecule has 0 aromatic heterocycles. The molecule has 0 aliphatic rings. The average molecular weight is 498 g/mol. The highest BCUT2D eigenvalue weighted by Crippen LogP contribution is 2.25. The highest BCUT2D eigenvalue weighted by molar-refractivity contribution is 5.86. The molecule has 7 nitrogen and oxygen atoms in total. The van der Waals surface area contributed by atoms with E-state index in [4.69, 9.17) is 19.3 Å². The Balaban J connectivity index is 2.07. The fourth-order valence-corrected chi connectivity index (χ4v) is 3.20. The lowest BCUT2D eigenvalue weighted by atomic mass is 10.0. The zero-order valence-electron chi connectivity index (χ0n) is 19.9. The number of rotatable bonds is 14. The Labute approximate surface area is 202 Å². The Kier molecular flexibility index (Phi) is 10.4. The van der Waals surface area contributed by atoms with Crippen LogP contribution < -0.4 is 9.47 Å². The van der Waals surface area contributed by atoms with Crippen LogP contribution in [0.4, 0.5) is 13.2 Å². The van der Waals surface area contributed by atoms with Crippen molar-refractivity contribution in [3.8, 4) is 11.5 Å². The van der Waals surface area contributed by atoms with Gasteiger partial charge in [-0.1, -0.05) is 30.3 Å². The van der Waals surface area contributed by atoms with E-state index in [1.165, 1.54) is 0 Å². The molecule has 2 rings (SSSR count). The van der Waals surface area contributed by atoms with Crippen LogP contribution in [-0.2, 0) is 27.2 Å². The summed E-state index contributed by atoms with van der Waals surface area (Å²) in [6, 6.07) is 14.9. The number of carboxylic acids is 1. The van der Waals surface area contributed by atoms with Crippen LogP contribution in [0.15, 0.2) is 48.5 Å². The summed E-state index contributed by atoms with van der Waals surface area (Å²) in [7, 11) is 5.10. The van der Waals surface area contributed by atoms with E-state index >= 15 is 0 Å². The summed E-state index contributed by atoms with van der Waals surface area (Å²) in [5.74, 6) is -8.33. The van der Waals surface area contributed by atoms with Crippen molar-refractivity contribution < 1.29 is 42.1 Å². The Hall–Kier alpha value is -3.27. The van der Waals surface area contributed by atoms with Crippen molar-refractivity contribution in [1.29, 1.82) is 0 Å². The van der Waals surface area contributed by atoms with Crippen molar-refractivity contribution in [3.05, 3.63) is 59.7 Å². The number of esters is 1. The molecule has 10 heteroatoms. The van der Waals surface area contributed by atoms with Gasteiger partial charge in [-0.25, -0.2) is 14.0 Å². The van der Waals surface area contributed by atoms with Gasteiger partial charge in [-0.3, -0.25) is 0 Å². The van der Waals surface area contributed by atoms with Crippen LogP contribution >= 0.6 is 0 Å². The third kappa shape index (κ3) is 8.47. The van der Waals surface area contributed by atoms with Crippen molar-refractivity contribution in [2.75, 3.05) is 34.4 Å². The standard InChI is InChI=1S/C25H30F3NO6/c1-29(2)14-13-20(35-23(30)22(26)25(27,28)24(31)32)16-34-21-10-5-4-8-18(21)12-11-17-7-6-9-19(15-17)33-3/h4-10,15,20,22H,11-14,16H2,1-3H3,(H,31,32). The summed E-state index contributed by atoms with van der Waals surface area (Å²) >= 11 is 0. The number of halogens is 3. The summed E-state index contributed by atoms with van der Waals surface area (Å²) in [4.78, 5) is 24.3. The molecule has 192 valence electrons. The van der Waals surface area contributed by atoms with Crippen molar-refractivity contribution in [2.24, 2.45) is 0 Å². The number of aryl methyl sites for hydroxylation is 2. The molecule has 0 aliphatic carbocycles. The van der Waals surface area contributed by atoms with Gasteiger partial charge in [0.15, 0.2) is 0 Å². The molecular weight excluding hydrogens is 467 g/mol. The van der Waals surface area contributed by atoms with Crippen LogP contribution in [0.1, 0.15) is 17.5 Å². The molecule has 2 unspecified atom stereocenters. The molecule has 0 aliphatic heterocycles. The number of para-hydroxylation sites is 1. The Morgan fingerprint density at radius 2 is 1.80 bits per heavy atom. The van der Waals surface area contributed by atoms with E-state index < -0.39 is 30.1 Å². The predicted molar refractivity (Wildman–Crippen MR) is 123 cm³/mol. The molecule has 0 fully saturated rings. The Morgan fingerprint density at radius 1 is 1.09 bits per heavy atom. The molecule has 35 heavy (non-hydrogen) atoms. The van der Waals surface area contributed by atoms with E-state index in [0.717, 1.165) is 16.9 Å². The lowest BCUT2D eigenvalue weighted by Crippen LogP contribution is -2.45. The minimum Gasteiger partial charge on any atom is -0.497 e. The minimum absolute atomic E-state index is 0.163. The number of aliphatic carboxylic acids is 1. The summed E-state index contributed by atoms with van der Waals surface area (Å²) in [5, 5.41) is 8.48. The van der Waals surface area contributed by atoms with E-state index in [1.54, 1.807) is 38.2 Å². The number of nitrogens with zero attached hydrogens (tertiary/aromatic N) is 1. The molecule has 0 heterocycles. The SMILES string of the molecule is COc1cccc(CCc2ccccc2OCC(CCN(C)C)OC(=O)C(F)C(F)(F)C(=O)O)c1. The van der Waals surface area contributed by atoms with Gasteiger partial charge in [0.25, 0.3) is 6.17 Å². The van der Waals surface area contributed by atoms with E-state index in [1.807, 2.05) is 36.4 Å².